The van der Waals surface area contributed by atoms with Gasteiger partial charge in [0.25, 0.3) is 5.91 Å². The predicted molar refractivity (Wildman–Crippen MR) is 112 cm³/mol. The Kier molecular flexibility index (Phi) is 5.68. The van der Waals surface area contributed by atoms with Crippen LogP contribution in [0.15, 0.2) is 30.3 Å². The van der Waals surface area contributed by atoms with Gasteiger partial charge in [0.15, 0.2) is 0 Å². The largest absolute Gasteiger partial charge is 0.339 e. The third-order valence-corrected chi connectivity index (χ3v) is 6.46. The molecule has 0 bridgehead atoms. The molecule has 0 saturated carbocycles. The van der Waals surface area contributed by atoms with E-state index in [0.29, 0.717) is 5.41 Å². The van der Waals surface area contributed by atoms with Crippen LogP contribution in [0.2, 0.25) is 0 Å². The van der Waals surface area contributed by atoms with Crippen LogP contribution in [-0.2, 0) is 0 Å². The topological polar surface area (TPSA) is 37.3 Å². The van der Waals surface area contributed by atoms with Crippen molar-refractivity contribution in [2.45, 2.75) is 40.0 Å². The van der Waals surface area contributed by atoms with Crippen LogP contribution in [-0.4, -0.2) is 41.6 Å². The molecule has 2 aromatic rings. The molecule has 1 aromatic carbocycles. The van der Waals surface area contributed by atoms with E-state index in [2.05, 4.69) is 65.9 Å². The highest BCUT2D eigenvalue weighted by atomic mass is 35.5. The number of piperidine rings is 1. The molecule has 5 heteroatoms. The molecule has 3 heterocycles. The zero-order valence-corrected chi connectivity index (χ0v) is 17.4. The second-order valence-corrected chi connectivity index (χ2v) is 8.13. The van der Waals surface area contributed by atoms with Gasteiger partial charge < -0.3 is 14.8 Å². The lowest BCUT2D eigenvalue weighted by Gasteiger charge is -2.38. The first-order chi connectivity index (χ1) is 12.5. The average molecular weight is 388 g/mol. The molecule has 0 atom stereocenters. The van der Waals surface area contributed by atoms with Crippen LogP contribution in [0, 0.1) is 26.2 Å². The van der Waals surface area contributed by atoms with E-state index in [-0.39, 0.29) is 18.3 Å². The second-order valence-electron chi connectivity index (χ2n) is 8.13. The van der Waals surface area contributed by atoms with Gasteiger partial charge >= 0.3 is 0 Å². The number of likely N-dealkylation sites (tertiary alicyclic amines) is 1. The Labute approximate surface area is 168 Å². The number of nitrogens with one attached hydrogen (secondary N) is 1. The molecule has 27 heavy (non-hydrogen) atoms. The van der Waals surface area contributed by atoms with Crippen LogP contribution in [0.4, 0.5) is 0 Å². The summed E-state index contributed by atoms with van der Waals surface area (Å²) in [4.78, 5) is 15.3. The number of carbonyl (C=O) groups excluding carboxylic acids is 1. The summed E-state index contributed by atoms with van der Waals surface area (Å²) in [6.45, 7) is 10.3. The Bertz CT molecular complexity index is 826. The number of hydrogen-bond donors (Lipinski definition) is 1. The maximum atomic E-state index is 13.2. The maximum Gasteiger partial charge on any atom is 0.255 e. The molecule has 0 unspecified atom stereocenters. The lowest BCUT2D eigenvalue weighted by atomic mass is 9.78. The lowest BCUT2D eigenvalue weighted by molar-refractivity contribution is 0.0607. The van der Waals surface area contributed by atoms with E-state index in [1.54, 1.807) is 0 Å². The first-order valence-electron chi connectivity index (χ1n) is 9.76. The van der Waals surface area contributed by atoms with Crippen LogP contribution >= 0.6 is 12.4 Å². The first kappa shape index (κ1) is 20.0. The third kappa shape index (κ3) is 3.53. The summed E-state index contributed by atoms with van der Waals surface area (Å²) in [5, 5.41) is 3.50. The molecule has 4 nitrogen and oxygen atoms in total. The smallest absolute Gasteiger partial charge is 0.255 e. The van der Waals surface area contributed by atoms with Crippen molar-refractivity contribution >= 4 is 18.3 Å². The van der Waals surface area contributed by atoms with Gasteiger partial charge in [-0.15, -0.1) is 12.4 Å². The van der Waals surface area contributed by atoms with Gasteiger partial charge in [0.1, 0.15) is 0 Å². The molecule has 1 spiro atoms. The van der Waals surface area contributed by atoms with Crippen molar-refractivity contribution in [3.05, 3.63) is 52.8 Å². The summed E-state index contributed by atoms with van der Waals surface area (Å²) in [7, 11) is 0. The van der Waals surface area contributed by atoms with E-state index in [9.17, 15) is 4.79 Å². The van der Waals surface area contributed by atoms with Gasteiger partial charge in [-0.1, -0.05) is 18.2 Å². The van der Waals surface area contributed by atoms with E-state index < -0.39 is 0 Å². The van der Waals surface area contributed by atoms with Crippen molar-refractivity contribution in [1.82, 2.24) is 14.8 Å². The van der Waals surface area contributed by atoms with Gasteiger partial charge in [0, 0.05) is 36.7 Å². The van der Waals surface area contributed by atoms with Crippen LogP contribution in [0.5, 0.6) is 0 Å². The summed E-state index contributed by atoms with van der Waals surface area (Å²) in [5.41, 5.74) is 5.84. The SMILES string of the molecule is Cc1ccccc1-n1c(C)cc(C(=O)N2CCC3(CCNC3)CC2)c1C.Cl. The molecule has 2 aliphatic rings. The average Bonchev–Trinajstić information content (AvgIpc) is 3.20. The number of para-hydroxylation sites is 1. The molecule has 2 aliphatic heterocycles. The van der Waals surface area contributed by atoms with Gasteiger partial charge in [-0.25, -0.2) is 0 Å². The number of benzene rings is 1. The minimum atomic E-state index is 0. The predicted octanol–water partition coefficient (Wildman–Crippen LogP) is 4.04. The first-order valence-corrected chi connectivity index (χ1v) is 9.76. The Morgan fingerprint density at radius 3 is 2.41 bits per heavy atom. The van der Waals surface area contributed by atoms with Crippen LogP contribution < -0.4 is 5.32 Å². The highest BCUT2D eigenvalue weighted by Gasteiger charge is 2.38. The number of carbonyl (C=O) groups is 1. The Balaban J connectivity index is 0.00000210. The van der Waals surface area contributed by atoms with Crippen molar-refractivity contribution in [2.24, 2.45) is 5.41 Å². The Hall–Kier alpha value is -1.78. The molecule has 0 radical (unpaired) electrons. The molecule has 146 valence electrons. The highest BCUT2D eigenvalue weighted by molar-refractivity contribution is 5.96. The van der Waals surface area contributed by atoms with Crippen molar-refractivity contribution in [1.29, 1.82) is 0 Å². The quantitative estimate of drug-likeness (QED) is 0.844. The summed E-state index contributed by atoms with van der Waals surface area (Å²) >= 11 is 0. The summed E-state index contributed by atoms with van der Waals surface area (Å²) in [5.74, 6) is 0.193. The molecule has 2 saturated heterocycles. The zero-order valence-electron chi connectivity index (χ0n) is 16.5. The van der Waals surface area contributed by atoms with Crippen LogP contribution in [0.1, 0.15) is 46.6 Å². The monoisotopic (exact) mass is 387 g/mol. The van der Waals surface area contributed by atoms with Gasteiger partial charge in [0.05, 0.1) is 5.56 Å². The standard InChI is InChI=1S/C22H29N3O.ClH/c1-16-6-4-5-7-20(16)25-17(2)14-19(18(25)3)21(26)24-12-9-22(10-13-24)8-11-23-15-22;/h4-7,14,23H,8-13,15H2,1-3H3;1H. The van der Waals surface area contributed by atoms with Gasteiger partial charge in [-0.05, 0) is 69.7 Å². The molecular weight excluding hydrogens is 358 g/mol. The molecule has 0 aliphatic carbocycles. The number of aryl methyl sites for hydroxylation is 2. The highest BCUT2D eigenvalue weighted by Crippen LogP contribution is 2.37. The van der Waals surface area contributed by atoms with E-state index in [0.717, 1.165) is 61.7 Å². The minimum Gasteiger partial charge on any atom is -0.339 e. The molecular formula is C22H30ClN3O. The van der Waals surface area contributed by atoms with Crippen molar-refractivity contribution in [3.63, 3.8) is 0 Å². The fourth-order valence-electron chi connectivity index (χ4n) is 4.74. The van der Waals surface area contributed by atoms with Crippen molar-refractivity contribution in [3.8, 4) is 5.69 Å². The van der Waals surface area contributed by atoms with Gasteiger partial charge in [-0.3, -0.25) is 4.79 Å². The van der Waals surface area contributed by atoms with Gasteiger partial charge in [0.2, 0.25) is 0 Å². The van der Waals surface area contributed by atoms with Crippen LogP contribution in [0.25, 0.3) is 5.69 Å². The third-order valence-electron chi connectivity index (χ3n) is 6.46. The van der Waals surface area contributed by atoms with E-state index in [1.165, 1.54) is 12.0 Å². The normalized spacial score (nSPS) is 18.6. The molecule has 4 rings (SSSR count). The maximum absolute atomic E-state index is 13.2. The number of hydrogen-bond acceptors (Lipinski definition) is 2. The number of amides is 1. The van der Waals surface area contributed by atoms with E-state index >= 15 is 0 Å². The van der Waals surface area contributed by atoms with Crippen molar-refractivity contribution < 1.29 is 4.79 Å². The number of aromatic nitrogens is 1. The van der Waals surface area contributed by atoms with Crippen LogP contribution in [0.3, 0.4) is 0 Å². The number of halogens is 1. The van der Waals surface area contributed by atoms with Crippen molar-refractivity contribution in [2.75, 3.05) is 26.2 Å². The number of rotatable bonds is 2. The summed E-state index contributed by atoms with van der Waals surface area (Å²) < 4.78 is 2.22. The fourth-order valence-corrected chi connectivity index (χ4v) is 4.74. The molecule has 1 N–H and O–H groups in total. The molecule has 1 aromatic heterocycles. The Morgan fingerprint density at radius 2 is 1.78 bits per heavy atom. The van der Waals surface area contributed by atoms with E-state index in [1.807, 2.05) is 0 Å². The van der Waals surface area contributed by atoms with E-state index in [4.69, 9.17) is 0 Å². The lowest BCUT2D eigenvalue weighted by Crippen LogP contribution is -2.44. The molecule has 2 fully saturated rings. The fraction of sp³-hybridized carbons (Fsp3) is 0.500. The zero-order chi connectivity index (χ0) is 18.3. The molecule has 1 amide bonds. The Morgan fingerprint density at radius 1 is 1.07 bits per heavy atom. The van der Waals surface area contributed by atoms with Gasteiger partial charge in [-0.2, -0.15) is 0 Å². The summed E-state index contributed by atoms with van der Waals surface area (Å²) in [6, 6.07) is 10.4. The minimum absolute atomic E-state index is 0. The number of nitrogens with zero attached hydrogens (tertiary/aromatic N) is 2. The summed E-state index contributed by atoms with van der Waals surface area (Å²) in [6.07, 6.45) is 3.52. The second kappa shape index (κ2) is 7.69.